The number of hydrogen-bond donors (Lipinski definition) is 0. The van der Waals surface area contributed by atoms with Crippen LogP contribution in [-0.2, 0) is 13.6 Å². The molecule has 1 aliphatic rings. The van der Waals surface area contributed by atoms with Crippen molar-refractivity contribution < 1.29 is 23.2 Å². The molecule has 0 aromatic heterocycles. The number of nitrogens with zero attached hydrogens (tertiary/aromatic N) is 1. The zero-order chi connectivity index (χ0) is 20.4. The standard InChI is InChI=1S/C20H30NO5PS/c1-3-25-27(24,26-4-2)28-16-12-8-6-5-7-11-15-21-19(22)17-13-9-10-14-18(17)20(21)23/h9-10,13-14H,3-8,11-12,15-16H2,1-2H3. The van der Waals surface area contributed by atoms with Crippen LogP contribution in [-0.4, -0.2) is 42.2 Å². The maximum atomic E-state index is 12.3. The summed E-state index contributed by atoms with van der Waals surface area (Å²) >= 11 is 1.28. The van der Waals surface area contributed by atoms with Gasteiger partial charge in [0.25, 0.3) is 11.8 Å². The quantitative estimate of drug-likeness (QED) is 0.221. The van der Waals surface area contributed by atoms with Gasteiger partial charge in [-0.2, -0.15) is 0 Å². The number of benzene rings is 1. The van der Waals surface area contributed by atoms with E-state index in [1.54, 1.807) is 24.3 Å². The minimum atomic E-state index is -2.99. The summed E-state index contributed by atoms with van der Waals surface area (Å²) in [6, 6.07) is 6.99. The molecule has 1 aromatic carbocycles. The van der Waals surface area contributed by atoms with Gasteiger partial charge < -0.3 is 9.05 Å². The van der Waals surface area contributed by atoms with Crippen molar-refractivity contribution in [1.82, 2.24) is 4.90 Å². The van der Waals surface area contributed by atoms with Crippen LogP contribution in [0, 0.1) is 0 Å². The van der Waals surface area contributed by atoms with Crippen molar-refractivity contribution in [2.75, 3.05) is 25.5 Å². The normalized spacial score (nSPS) is 14.0. The van der Waals surface area contributed by atoms with E-state index >= 15 is 0 Å². The van der Waals surface area contributed by atoms with Crippen molar-refractivity contribution >= 4 is 30.0 Å². The molecule has 0 saturated heterocycles. The zero-order valence-corrected chi connectivity index (χ0v) is 18.4. The Morgan fingerprint density at radius 1 is 0.857 bits per heavy atom. The Kier molecular flexibility index (Phi) is 9.72. The van der Waals surface area contributed by atoms with Crippen molar-refractivity contribution in [1.29, 1.82) is 0 Å². The monoisotopic (exact) mass is 427 g/mol. The van der Waals surface area contributed by atoms with E-state index in [0.717, 1.165) is 44.3 Å². The summed E-state index contributed by atoms with van der Waals surface area (Å²) < 4.78 is 22.8. The van der Waals surface area contributed by atoms with E-state index in [9.17, 15) is 14.2 Å². The second-order valence-electron chi connectivity index (χ2n) is 6.54. The second kappa shape index (κ2) is 11.8. The highest BCUT2D eigenvalue weighted by Crippen LogP contribution is 2.60. The molecule has 2 amide bonds. The molecule has 0 bridgehead atoms. The maximum Gasteiger partial charge on any atom is 0.389 e. The van der Waals surface area contributed by atoms with E-state index < -0.39 is 6.80 Å². The lowest BCUT2D eigenvalue weighted by Gasteiger charge is -2.15. The number of amides is 2. The first-order chi connectivity index (χ1) is 13.5. The number of imide groups is 1. The van der Waals surface area contributed by atoms with Crippen LogP contribution in [0.25, 0.3) is 0 Å². The third kappa shape index (κ3) is 6.45. The van der Waals surface area contributed by atoms with Gasteiger partial charge in [0.2, 0.25) is 0 Å². The summed E-state index contributed by atoms with van der Waals surface area (Å²) in [5.74, 6) is 0.406. The van der Waals surface area contributed by atoms with E-state index in [4.69, 9.17) is 9.05 Å². The fourth-order valence-electron chi connectivity index (χ4n) is 3.13. The third-order valence-electron chi connectivity index (χ3n) is 4.48. The van der Waals surface area contributed by atoms with Crippen molar-refractivity contribution in [3.8, 4) is 0 Å². The first kappa shape index (κ1) is 23.1. The van der Waals surface area contributed by atoms with Crippen LogP contribution >= 0.6 is 18.2 Å². The molecular weight excluding hydrogens is 397 g/mol. The van der Waals surface area contributed by atoms with Gasteiger partial charge in [-0.1, -0.05) is 37.8 Å². The molecule has 2 rings (SSSR count). The zero-order valence-electron chi connectivity index (χ0n) is 16.7. The summed E-state index contributed by atoms with van der Waals surface area (Å²) in [7, 11) is 0. The van der Waals surface area contributed by atoms with E-state index in [1.165, 1.54) is 16.3 Å². The maximum absolute atomic E-state index is 12.3. The van der Waals surface area contributed by atoms with Gasteiger partial charge in [0.05, 0.1) is 24.3 Å². The smallest absolute Gasteiger partial charge is 0.301 e. The number of unbranched alkanes of at least 4 members (excludes halogenated alkanes) is 5. The van der Waals surface area contributed by atoms with E-state index in [1.807, 2.05) is 13.8 Å². The van der Waals surface area contributed by atoms with Crippen molar-refractivity contribution in [2.45, 2.75) is 52.4 Å². The van der Waals surface area contributed by atoms with E-state index in [2.05, 4.69) is 0 Å². The minimum Gasteiger partial charge on any atom is -0.301 e. The van der Waals surface area contributed by atoms with Crippen LogP contribution in [0.4, 0.5) is 0 Å². The Morgan fingerprint density at radius 3 is 1.89 bits per heavy atom. The fraction of sp³-hybridized carbons (Fsp3) is 0.600. The van der Waals surface area contributed by atoms with Crippen LogP contribution in [0.2, 0.25) is 0 Å². The van der Waals surface area contributed by atoms with Gasteiger partial charge in [-0.25, -0.2) is 4.57 Å². The van der Waals surface area contributed by atoms with Crippen molar-refractivity contribution in [2.24, 2.45) is 0 Å². The Labute approximate surface area is 171 Å². The molecule has 28 heavy (non-hydrogen) atoms. The molecule has 156 valence electrons. The van der Waals surface area contributed by atoms with Crippen LogP contribution in [0.1, 0.15) is 73.1 Å². The summed E-state index contributed by atoms with van der Waals surface area (Å²) in [6.07, 6.45) is 5.96. The molecule has 1 heterocycles. The predicted molar refractivity (Wildman–Crippen MR) is 113 cm³/mol. The SMILES string of the molecule is CCOP(=O)(OCC)SCCCCCCCCN1C(=O)c2ccccc2C1=O. The first-order valence-electron chi connectivity index (χ1n) is 10.0. The van der Waals surface area contributed by atoms with Gasteiger partial charge in [0, 0.05) is 12.3 Å². The fourth-order valence-corrected chi connectivity index (χ4v) is 6.68. The number of fused-ring (bicyclic) bond motifs is 1. The third-order valence-corrected chi connectivity index (χ3v) is 8.54. The topological polar surface area (TPSA) is 72.9 Å². The summed E-state index contributed by atoms with van der Waals surface area (Å²) in [5, 5.41) is 0. The molecule has 0 atom stereocenters. The summed E-state index contributed by atoms with van der Waals surface area (Å²) in [6.45, 7) is 1.89. The van der Waals surface area contributed by atoms with E-state index in [0.29, 0.717) is 30.9 Å². The van der Waals surface area contributed by atoms with Gasteiger partial charge >= 0.3 is 6.80 Å². The molecule has 0 spiro atoms. The van der Waals surface area contributed by atoms with Crippen LogP contribution in [0.15, 0.2) is 24.3 Å². The second-order valence-corrected chi connectivity index (χ2v) is 10.7. The highest BCUT2D eigenvalue weighted by molar-refractivity contribution is 8.55. The highest BCUT2D eigenvalue weighted by atomic mass is 32.7. The molecule has 0 fully saturated rings. The molecule has 0 aliphatic carbocycles. The number of carbonyl (C=O) groups is 2. The van der Waals surface area contributed by atoms with Crippen LogP contribution in [0.5, 0.6) is 0 Å². The van der Waals surface area contributed by atoms with Crippen molar-refractivity contribution in [3.05, 3.63) is 35.4 Å². The number of hydrogen-bond acceptors (Lipinski definition) is 6. The molecule has 0 radical (unpaired) electrons. The molecule has 0 saturated carbocycles. The highest BCUT2D eigenvalue weighted by Gasteiger charge is 2.34. The lowest BCUT2D eigenvalue weighted by molar-refractivity contribution is 0.0651. The van der Waals surface area contributed by atoms with Gasteiger partial charge in [0.1, 0.15) is 0 Å². The lowest BCUT2D eigenvalue weighted by Crippen LogP contribution is -2.30. The van der Waals surface area contributed by atoms with Gasteiger partial charge in [-0.15, -0.1) is 0 Å². The average Bonchev–Trinajstić information content (AvgIpc) is 2.92. The van der Waals surface area contributed by atoms with Gasteiger partial charge in [0.15, 0.2) is 0 Å². The average molecular weight is 428 g/mol. The Bertz CT molecular complexity index is 667. The van der Waals surface area contributed by atoms with Gasteiger partial charge in [-0.3, -0.25) is 14.5 Å². The molecule has 0 N–H and O–H groups in total. The molecule has 1 aromatic rings. The Hall–Kier alpha value is -1.14. The molecule has 8 heteroatoms. The van der Waals surface area contributed by atoms with Crippen molar-refractivity contribution in [3.63, 3.8) is 0 Å². The lowest BCUT2D eigenvalue weighted by atomic mass is 10.1. The summed E-state index contributed by atoms with van der Waals surface area (Å²) in [5.41, 5.74) is 1.03. The Balaban J connectivity index is 1.55. The molecular formula is C20H30NO5PS. The molecule has 6 nitrogen and oxygen atoms in total. The number of carbonyl (C=O) groups excluding carboxylic acids is 2. The van der Waals surface area contributed by atoms with Gasteiger partial charge in [-0.05, 0) is 50.2 Å². The first-order valence-corrected chi connectivity index (χ1v) is 13.1. The molecule has 1 aliphatic heterocycles. The largest absolute Gasteiger partial charge is 0.389 e. The predicted octanol–water partition coefficient (Wildman–Crippen LogP) is 5.54. The van der Waals surface area contributed by atoms with E-state index in [-0.39, 0.29) is 11.8 Å². The number of rotatable bonds is 14. The minimum absolute atomic E-state index is 0.175. The van der Waals surface area contributed by atoms with Crippen LogP contribution in [0.3, 0.4) is 0 Å². The summed E-state index contributed by atoms with van der Waals surface area (Å²) in [4.78, 5) is 25.9. The Morgan fingerprint density at radius 2 is 1.36 bits per heavy atom. The van der Waals surface area contributed by atoms with Crippen LogP contribution < -0.4 is 0 Å². The molecule has 0 unspecified atom stereocenters.